The van der Waals surface area contributed by atoms with Crippen molar-refractivity contribution in [2.45, 2.75) is 13.0 Å². The summed E-state index contributed by atoms with van der Waals surface area (Å²) in [6, 6.07) is 15.8. The molecule has 146 valence electrons. The van der Waals surface area contributed by atoms with Crippen LogP contribution in [0.1, 0.15) is 18.7 Å². The molecule has 8 heteroatoms. The molecule has 29 heavy (non-hydrogen) atoms. The van der Waals surface area contributed by atoms with Crippen molar-refractivity contribution in [3.05, 3.63) is 87.7 Å². The van der Waals surface area contributed by atoms with Gasteiger partial charge in [0.2, 0.25) is 5.95 Å². The minimum Gasteiger partial charge on any atom is -0.368 e. The minimum absolute atomic E-state index is 0.0387. The summed E-state index contributed by atoms with van der Waals surface area (Å²) in [5.74, 6) is -0.724. The first-order valence-corrected chi connectivity index (χ1v) is 9.27. The van der Waals surface area contributed by atoms with Gasteiger partial charge in [-0.25, -0.2) is 9.37 Å². The van der Waals surface area contributed by atoms with Crippen LogP contribution in [0.3, 0.4) is 0 Å². The van der Waals surface area contributed by atoms with E-state index in [0.29, 0.717) is 27.2 Å². The molecule has 0 fully saturated rings. The number of pyridine rings is 1. The monoisotopic (exact) mass is 409 g/mol. The van der Waals surface area contributed by atoms with Gasteiger partial charge in [-0.2, -0.15) is 4.98 Å². The van der Waals surface area contributed by atoms with Gasteiger partial charge in [0.1, 0.15) is 0 Å². The van der Waals surface area contributed by atoms with E-state index in [1.54, 1.807) is 16.7 Å². The van der Waals surface area contributed by atoms with Gasteiger partial charge in [-0.15, -0.1) is 0 Å². The molecular weight excluding hydrogens is 393 g/mol. The first-order chi connectivity index (χ1) is 14.0. The predicted molar refractivity (Wildman–Crippen MR) is 113 cm³/mol. The SMILES string of the molecule is CC(Nc1nc(N)ncc1F)c1cc2cccc(Cl)c2c(=O)n1-c1ccccc1. The lowest BCUT2D eigenvalue weighted by Gasteiger charge is -2.21. The first-order valence-electron chi connectivity index (χ1n) is 8.90. The summed E-state index contributed by atoms with van der Waals surface area (Å²) in [4.78, 5) is 20.9. The fourth-order valence-electron chi connectivity index (χ4n) is 3.26. The van der Waals surface area contributed by atoms with Gasteiger partial charge in [0.25, 0.3) is 5.56 Å². The van der Waals surface area contributed by atoms with Crippen LogP contribution in [0.15, 0.2) is 65.6 Å². The number of aromatic nitrogens is 3. The van der Waals surface area contributed by atoms with Crippen LogP contribution >= 0.6 is 11.6 Å². The highest BCUT2D eigenvalue weighted by Gasteiger charge is 2.19. The molecule has 2 heterocycles. The van der Waals surface area contributed by atoms with E-state index in [9.17, 15) is 9.18 Å². The van der Waals surface area contributed by atoms with Crippen LogP contribution < -0.4 is 16.6 Å². The van der Waals surface area contributed by atoms with Crippen molar-refractivity contribution in [2.75, 3.05) is 11.1 Å². The summed E-state index contributed by atoms with van der Waals surface area (Å²) in [6.07, 6.45) is 1.00. The molecular formula is C21H17ClFN5O. The van der Waals surface area contributed by atoms with E-state index >= 15 is 0 Å². The quantitative estimate of drug-likeness (QED) is 0.524. The number of nitrogen functional groups attached to an aromatic ring is 1. The van der Waals surface area contributed by atoms with Crippen molar-refractivity contribution in [1.29, 1.82) is 0 Å². The molecule has 0 aliphatic rings. The minimum atomic E-state index is -0.636. The highest BCUT2D eigenvalue weighted by molar-refractivity contribution is 6.35. The van der Waals surface area contributed by atoms with Gasteiger partial charge in [-0.05, 0) is 36.6 Å². The molecule has 1 atom stereocenters. The van der Waals surface area contributed by atoms with Crippen molar-refractivity contribution in [2.24, 2.45) is 0 Å². The average Bonchev–Trinajstić information content (AvgIpc) is 2.71. The van der Waals surface area contributed by atoms with Crippen molar-refractivity contribution >= 4 is 34.1 Å². The summed E-state index contributed by atoms with van der Waals surface area (Å²) >= 11 is 6.31. The number of anilines is 2. The maximum Gasteiger partial charge on any atom is 0.264 e. The zero-order valence-corrected chi connectivity index (χ0v) is 16.2. The second-order valence-corrected chi connectivity index (χ2v) is 6.95. The molecule has 0 amide bonds. The summed E-state index contributed by atoms with van der Waals surface area (Å²) in [6.45, 7) is 1.81. The molecule has 3 N–H and O–H groups in total. The van der Waals surface area contributed by atoms with Gasteiger partial charge < -0.3 is 11.1 Å². The van der Waals surface area contributed by atoms with E-state index in [0.717, 1.165) is 6.20 Å². The van der Waals surface area contributed by atoms with Gasteiger partial charge in [0.15, 0.2) is 11.6 Å². The van der Waals surface area contributed by atoms with E-state index in [2.05, 4.69) is 15.3 Å². The molecule has 0 radical (unpaired) electrons. The molecule has 4 rings (SSSR count). The number of hydrogen-bond donors (Lipinski definition) is 2. The molecule has 0 spiro atoms. The third-order valence-electron chi connectivity index (χ3n) is 4.60. The molecule has 0 saturated heterocycles. The largest absolute Gasteiger partial charge is 0.368 e. The summed E-state index contributed by atoms with van der Waals surface area (Å²) in [5.41, 5.74) is 6.61. The lowest BCUT2D eigenvalue weighted by molar-refractivity contribution is 0.613. The van der Waals surface area contributed by atoms with E-state index in [1.165, 1.54) is 0 Å². The normalized spacial score (nSPS) is 12.1. The Bertz CT molecular complexity index is 1260. The molecule has 0 aliphatic heterocycles. The fraction of sp³-hybridized carbons (Fsp3) is 0.0952. The van der Waals surface area contributed by atoms with E-state index in [1.807, 2.05) is 49.4 Å². The number of nitrogens with two attached hydrogens (primary N) is 1. The molecule has 0 aliphatic carbocycles. The van der Waals surface area contributed by atoms with E-state index in [4.69, 9.17) is 17.3 Å². The Hall–Kier alpha value is -3.45. The predicted octanol–water partition coefficient (Wildman–Crippen LogP) is 4.33. The van der Waals surface area contributed by atoms with Gasteiger partial charge >= 0.3 is 0 Å². The zero-order valence-electron chi connectivity index (χ0n) is 15.4. The standard InChI is InChI=1S/C21H17ClFN5O/c1-12(26-19-16(23)11-25-21(24)27-19)17-10-13-6-5-9-15(22)18(13)20(29)28(17)14-7-3-2-4-8-14/h2-12H,1H3,(H3,24,25,26,27). The number of fused-ring (bicyclic) bond motifs is 1. The van der Waals surface area contributed by atoms with Crippen molar-refractivity contribution in [3.63, 3.8) is 0 Å². The molecule has 2 aromatic heterocycles. The third-order valence-corrected chi connectivity index (χ3v) is 4.91. The van der Waals surface area contributed by atoms with Gasteiger partial charge in [-0.3, -0.25) is 9.36 Å². The highest BCUT2D eigenvalue weighted by atomic mass is 35.5. The van der Waals surface area contributed by atoms with Crippen LogP contribution in [-0.4, -0.2) is 14.5 Å². The highest BCUT2D eigenvalue weighted by Crippen LogP contribution is 2.27. The molecule has 0 saturated carbocycles. The maximum atomic E-state index is 14.1. The number of nitrogens with zero attached hydrogens (tertiary/aromatic N) is 3. The summed E-state index contributed by atoms with van der Waals surface area (Å²) in [5, 5.41) is 4.48. The Morgan fingerprint density at radius 1 is 1.17 bits per heavy atom. The Balaban J connectivity index is 1.93. The number of nitrogens with one attached hydrogen (secondary N) is 1. The summed E-state index contributed by atoms with van der Waals surface area (Å²) in [7, 11) is 0. The number of para-hydroxylation sites is 1. The maximum absolute atomic E-state index is 14.1. The van der Waals surface area contributed by atoms with Crippen LogP contribution in [-0.2, 0) is 0 Å². The molecule has 0 bridgehead atoms. The number of rotatable bonds is 4. The van der Waals surface area contributed by atoms with E-state index < -0.39 is 11.9 Å². The Kier molecular flexibility index (Phi) is 4.90. The lowest BCUT2D eigenvalue weighted by Crippen LogP contribution is -2.26. The van der Waals surface area contributed by atoms with Crippen LogP contribution in [0.5, 0.6) is 0 Å². The molecule has 2 aromatic carbocycles. The van der Waals surface area contributed by atoms with Crippen LogP contribution in [0, 0.1) is 5.82 Å². The third kappa shape index (κ3) is 3.52. The number of benzene rings is 2. The van der Waals surface area contributed by atoms with Crippen LogP contribution in [0.25, 0.3) is 16.5 Å². The second kappa shape index (κ2) is 7.52. The van der Waals surface area contributed by atoms with Crippen LogP contribution in [0.2, 0.25) is 5.02 Å². The van der Waals surface area contributed by atoms with Crippen molar-refractivity contribution < 1.29 is 4.39 Å². The molecule has 1 unspecified atom stereocenters. The second-order valence-electron chi connectivity index (χ2n) is 6.54. The molecule has 6 nitrogen and oxygen atoms in total. The number of hydrogen-bond acceptors (Lipinski definition) is 5. The Labute approximate surface area is 170 Å². The summed E-state index contributed by atoms with van der Waals surface area (Å²) < 4.78 is 15.7. The van der Waals surface area contributed by atoms with E-state index in [-0.39, 0.29) is 17.3 Å². The van der Waals surface area contributed by atoms with Gasteiger partial charge in [0, 0.05) is 11.4 Å². The fourth-order valence-corrected chi connectivity index (χ4v) is 3.53. The van der Waals surface area contributed by atoms with Crippen molar-refractivity contribution in [3.8, 4) is 5.69 Å². The Morgan fingerprint density at radius 3 is 2.69 bits per heavy atom. The van der Waals surface area contributed by atoms with Crippen LogP contribution in [0.4, 0.5) is 16.2 Å². The molecule has 4 aromatic rings. The van der Waals surface area contributed by atoms with Gasteiger partial charge in [0.05, 0.1) is 22.6 Å². The first kappa shape index (κ1) is 18.9. The van der Waals surface area contributed by atoms with Crippen molar-refractivity contribution in [1.82, 2.24) is 14.5 Å². The average molecular weight is 410 g/mol. The number of halogens is 2. The topological polar surface area (TPSA) is 85.8 Å². The Morgan fingerprint density at radius 2 is 1.93 bits per heavy atom. The lowest BCUT2D eigenvalue weighted by atomic mass is 10.1. The van der Waals surface area contributed by atoms with Gasteiger partial charge in [-0.1, -0.05) is 41.9 Å². The zero-order chi connectivity index (χ0) is 20.5. The smallest absolute Gasteiger partial charge is 0.264 e.